The van der Waals surface area contributed by atoms with E-state index in [2.05, 4.69) is 55.0 Å². The van der Waals surface area contributed by atoms with Crippen molar-refractivity contribution in [2.75, 3.05) is 0 Å². The van der Waals surface area contributed by atoms with Gasteiger partial charge in [-0.25, -0.2) is 0 Å². The Morgan fingerprint density at radius 1 is 1.00 bits per heavy atom. The topological polar surface area (TPSA) is 56.0 Å². The van der Waals surface area contributed by atoms with Crippen LogP contribution in [0.25, 0.3) is 27.1 Å². The fraction of sp³-hybridized carbons (Fsp3) is 0. The van der Waals surface area contributed by atoms with Crippen LogP contribution in [0.5, 0.6) is 0 Å². The molecule has 0 radical (unpaired) electrons. The molecule has 0 fully saturated rings. The van der Waals surface area contributed by atoms with Crippen molar-refractivity contribution in [3.8, 4) is 22.1 Å². The average molecular weight is 405 g/mol. The van der Waals surface area contributed by atoms with Crippen molar-refractivity contribution < 1.29 is 0 Å². The number of pyridine rings is 1. The molecule has 102 valence electrons. The average Bonchev–Trinajstić information content (AvgIpc) is 3.08. The van der Waals surface area contributed by atoms with Crippen LogP contribution in [0, 0.1) is 3.57 Å². The van der Waals surface area contributed by atoms with Gasteiger partial charge in [0.15, 0.2) is 0 Å². The second-order valence-electron chi connectivity index (χ2n) is 4.32. The van der Waals surface area contributed by atoms with Crippen LogP contribution in [0.1, 0.15) is 0 Å². The van der Waals surface area contributed by atoms with Gasteiger partial charge in [-0.1, -0.05) is 35.6 Å². The lowest BCUT2D eigenvalue weighted by Gasteiger charge is -1.98. The molecule has 0 aliphatic heterocycles. The Morgan fingerprint density at radius 3 is 2.67 bits per heavy atom. The number of fused-ring (bicyclic) bond motifs is 1. The molecule has 0 unspecified atom stereocenters. The van der Waals surface area contributed by atoms with Gasteiger partial charge in [0.2, 0.25) is 10.8 Å². The summed E-state index contributed by atoms with van der Waals surface area (Å²) in [5.74, 6) is 0.666. The van der Waals surface area contributed by atoms with Gasteiger partial charge >= 0.3 is 0 Å². The van der Waals surface area contributed by atoms with E-state index in [9.17, 15) is 0 Å². The van der Waals surface area contributed by atoms with Crippen LogP contribution in [-0.4, -0.2) is 24.8 Å². The summed E-state index contributed by atoms with van der Waals surface area (Å²) in [6, 6.07) is 13.9. The molecule has 0 aliphatic carbocycles. The minimum Gasteiger partial charge on any atom is -0.253 e. The van der Waals surface area contributed by atoms with E-state index in [4.69, 9.17) is 0 Å². The molecule has 0 N–H and O–H groups in total. The first-order chi connectivity index (χ1) is 10.3. The molecule has 1 aromatic carbocycles. The molecule has 7 heteroatoms. The molecule has 3 aromatic heterocycles. The molecule has 0 aliphatic rings. The van der Waals surface area contributed by atoms with E-state index in [1.54, 1.807) is 10.7 Å². The van der Waals surface area contributed by atoms with Crippen LogP contribution in [-0.2, 0) is 0 Å². The summed E-state index contributed by atoms with van der Waals surface area (Å²) in [6.45, 7) is 0. The van der Waals surface area contributed by atoms with Gasteiger partial charge in [0.05, 0.1) is 0 Å². The minimum atomic E-state index is 0.666. The van der Waals surface area contributed by atoms with Crippen molar-refractivity contribution in [1.82, 2.24) is 24.8 Å². The quantitative estimate of drug-likeness (QED) is 0.479. The molecule has 5 nitrogen and oxygen atoms in total. The van der Waals surface area contributed by atoms with Gasteiger partial charge < -0.3 is 0 Å². The lowest BCUT2D eigenvalue weighted by Crippen LogP contribution is -1.93. The van der Waals surface area contributed by atoms with Crippen LogP contribution in [0.3, 0.4) is 0 Å². The second kappa shape index (κ2) is 5.15. The zero-order chi connectivity index (χ0) is 14.2. The molecular formula is C14H8IN5S. The number of hydrogen-bond acceptors (Lipinski definition) is 5. The summed E-state index contributed by atoms with van der Waals surface area (Å²) < 4.78 is 2.92. The van der Waals surface area contributed by atoms with Gasteiger partial charge in [-0.2, -0.15) is 9.61 Å². The largest absolute Gasteiger partial charge is 0.253 e. The highest BCUT2D eigenvalue weighted by atomic mass is 127. The van der Waals surface area contributed by atoms with Gasteiger partial charge in [-0.15, -0.1) is 10.2 Å². The Kier molecular flexibility index (Phi) is 3.15. The van der Waals surface area contributed by atoms with Crippen molar-refractivity contribution in [2.45, 2.75) is 0 Å². The first-order valence-electron chi connectivity index (χ1n) is 6.21. The molecule has 21 heavy (non-hydrogen) atoms. The third-order valence-corrected chi connectivity index (χ3v) is 4.86. The van der Waals surface area contributed by atoms with Gasteiger partial charge in [-0.05, 0) is 40.8 Å². The predicted octanol–water partition coefficient (Wildman–Crippen LogP) is 3.52. The second-order valence-corrected chi connectivity index (χ2v) is 6.44. The first kappa shape index (κ1) is 12.8. The van der Waals surface area contributed by atoms with E-state index in [1.165, 1.54) is 14.9 Å². The summed E-state index contributed by atoms with van der Waals surface area (Å²) >= 11 is 3.84. The highest BCUT2D eigenvalue weighted by molar-refractivity contribution is 14.1. The van der Waals surface area contributed by atoms with E-state index < -0.39 is 0 Å². The highest BCUT2D eigenvalue weighted by Crippen LogP contribution is 2.30. The van der Waals surface area contributed by atoms with Crippen molar-refractivity contribution in [3.05, 3.63) is 52.2 Å². The standard InChI is InChI=1S/C14H8IN5S/c15-10-6-2-1-5-9(10)13-19-20-12(17-18-14(20)21-13)11-7-3-4-8-16-11/h1-8H. The first-order valence-corrected chi connectivity index (χ1v) is 8.11. The summed E-state index contributed by atoms with van der Waals surface area (Å²) in [6.07, 6.45) is 1.74. The Bertz CT molecular complexity index is 915. The maximum absolute atomic E-state index is 4.65. The molecule has 0 saturated carbocycles. The zero-order valence-corrected chi connectivity index (χ0v) is 13.6. The maximum atomic E-state index is 4.65. The summed E-state index contributed by atoms with van der Waals surface area (Å²) in [7, 11) is 0. The zero-order valence-electron chi connectivity index (χ0n) is 10.6. The number of benzene rings is 1. The fourth-order valence-corrected chi connectivity index (χ4v) is 3.72. The third-order valence-electron chi connectivity index (χ3n) is 2.99. The Balaban J connectivity index is 1.89. The van der Waals surface area contributed by atoms with E-state index in [1.807, 2.05) is 30.3 Å². The number of nitrogens with zero attached hydrogens (tertiary/aromatic N) is 5. The Labute approximate surface area is 137 Å². The Morgan fingerprint density at radius 2 is 1.86 bits per heavy atom. The van der Waals surface area contributed by atoms with Crippen LogP contribution < -0.4 is 0 Å². The van der Waals surface area contributed by atoms with E-state index >= 15 is 0 Å². The van der Waals surface area contributed by atoms with Gasteiger partial charge in [0, 0.05) is 15.3 Å². The van der Waals surface area contributed by atoms with Crippen LogP contribution >= 0.6 is 33.9 Å². The van der Waals surface area contributed by atoms with Crippen LogP contribution in [0.15, 0.2) is 48.7 Å². The molecule has 0 spiro atoms. The van der Waals surface area contributed by atoms with Crippen molar-refractivity contribution >= 4 is 38.9 Å². The van der Waals surface area contributed by atoms with Gasteiger partial charge in [-0.3, -0.25) is 4.98 Å². The SMILES string of the molecule is Ic1ccccc1-c1nn2c(-c3ccccn3)nnc2s1. The van der Waals surface area contributed by atoms with E-state index in [0.717, 1.165) is 21.2 Å². The Hall–Kier alpha value is -1.87. The summed E-state index contributed by atoms with van der Waals surface area (Å²) in [5.41, 5.74) is 1.88. The van der Waals surface area contributed by atoms with Crippen molar-refractivity contribution in [1.29, 1.82) is 0 Å². The van der Waals surface area contributed by atoms with Crippen LogP contribution in [0.2, 0.25) is 0 Å². The smallest absolute Gasteiger partial charge is 0.235 e. The number of rotatable bonds is 2. The molecule has 0 atom stereocenters. The lowest BCUT2D eigenvalue weighted by molar-refractivity contribution is 0.961. The maximum Gasteiger partial charge on any atom is 0.235 e. The van der Waals surface area contributed by atoms with Crippen LogP contribution in [0.4, 0.5) is 0 Å². The third kappa shape index (κ3) is 2.22. The summed E-state index contributed by atoms with van der Waals surface area (Å²) in [4.78, 5) is 5.08. The summed E-state index contributed by atoms with van der Waals surface area (Å²) in [5, 5.41) is 14.0. The van der Waals surface area contributed by atoms with Gasteiger partial charge in [0.1, 0.15) is 10.7 Å². The molecule has 4 aromatic rings. The molecule has 0 saturated heterocycles. The highest BCUT2D eigenvalue weighted by Gasteiger charge is 2.15. The number of halogens is 1. The lowest BCUT2D eigenvalue weighted by atomic mass is 10.2. The molecular weight excluding hydrogens is 397 g/mol. The van der Waals surface area contributed by atoms with E-state index in [-0.39, 0.29) is 0 Å². The van der Waals surface area contributed by atoms with Crippen molar-refractivity contribution in [3.63, 3.8) is 0 Å². The monoisotopic (exact) mass is 405 g/mol. The minimum absolute atomic E-state index is 0.666. The number of aromatic nitrogens is 5. The molecule has 3 heterocycles. The molecule has 4 rings (SSSR count). The molecule has 0 bridgehead atoms. The fourth-order valence-electron chi connectivity index (χ4n) is 2.02. The molecule has 0 amide bonds. The van der Waals surface area contributed by atoms with Crippen molar-refractivity contribution in [2.24, 2.45) is 0 Å². The normalized spacial score (nSPS) is 11.1. The van der Waals surface area contributed by atoms with Gasteiger partial charge in [0.25, 0.3) is 0 Å². The predicted molar refractivity (Wildman–Crippen MR) is 90.0 cm³/mol. The number of hydrogen-bond donors (Lipinski definition) is 0. The van der Waals surface area contributed by atoms with E-state index in [0.29, 0.717) is 5.82 Å².